The van der Waals surface area contributed by atoms with Crippen molar-refractivity contribution in [3.63, 3.8) is 0 Å². The number of nitrogens with one attached hydrogen (secondary N) is 2. The van der Waals surface area contributed by atoms with Crippen LogP contribution in [0.15, 0.2) is 12.4 Å². The number of nitrogens with zero attached hydrogens (tertiary/aromatic N) is 2. The molecule has 2 saturated heterocycles. The molecule has 0 amide bonds. The molecule has 0 aliphatic carbocycles. The molecule has 2 aliphatic heterocycles. The Labute approximate surface area is 107 Å². The summed E-state index contributed by atoms with van der Waals surface area (Å²) in [6.07, 6.45) is 8.17. The molecule has 0 bridgehead atoms. The van der Waals surface area contributed by atoms with Crippen LogP contribution >= 0.6 is 0 Å². The Morgan fingerprint density at radius 2 is 2.11 bits per heavy atom. The summed E-state index contributed by atoms with van der Waals surface area (Å²) in [6.45, 7) is 2.77. The molecular weight excluding hydrogens is 228 g/mol. The maximum absolute atomic E-state index is 5.36. The van der Waals surface area contributed by atoms with Crippen molar-refractivity contribution in [1.29, 1.82) is 0 Å². The normalized spacial score (nSPS) is 25.2. The average Bonchev–Trinajstić information content (AvgIpc) is 2.94. The molecule has 1 atom stereocenters. The van der Waals surface area contributed by atoms with Gasteiger partial charge in [0.05, 0.1) is 24.1 Å². The van der Waals surface area contributed by atoms with Crippen molar-refractivity contribution in [2.45, 2.75) is 37.8 Å². The third kappa shape index (κ3) is 2.79. The summed E-state index contributed by atoms with van der Waals surface area (Å²) >= 11 is 0. The number of anilines is 1. The Kier molecular flexibility index (Phi) is 3.71. The highest BCUT2D eigenvalue weighted by Crippen LogP contribution is 2.22. The molecule has 0 spiro atoms. The molecule has 5 nitrogen and oxygen atoms in total. The minimum absolute atomic E-state index is 0.383. The van der Waals surface area contributed by atoms with Crippen molar-refractivity contribution < 1.29 is 4.74 Å². The van der Waals surface area contributed by atoms with E-state index in [-0.39, 0.29) is 0 Å². The van der Waals surface area contributed by atoms with E-state index in [1.807, 2.05) is 12.4 Å². The fourth-order valence-corrected chi connectivity index (χ4v) is 2.61. The Hall–Kier alpha value is -1.20. The van der Waals surface area contributed by atoms with E-state index < -0.39 is 0 Å². The Morgan fingerprint density at radius 1 is 1.22 bits per heavy atom. The van der Waals surface area contributed by atoms with E-state index >= 15 is 0 Å². The summed E-state index contributed by atoms with van der Waals surface area (Å²) in [5.41, 5.74) is 1.06. The zero-order chi connectivity index (χ0) is 12.2. The van der Waals surface area contributed by atoms with Gasteiger partial charge in [-0.1, -0.05) is 0 Å². The largest absolute Gasteiger partial charge is 0.381 e. The maximum Gasteiger partial charge on any atom is 0.145 e. The lowest BCUT2D eigenvalue weighted by Gasteiger charge is -2.23. The predicted molar refractivity (Wildman–Crippen MR) is 69.5 cm³/mol. The minimum atomic E-state index is 0.383. The summed E-state index contributed by atoms with van der Waals surface area (Å²) in [4.78, 5) is 8.97. The van der Waals surface area contributed by atoms with Crippen LogP contribution in [0.1, 0.15) is 37.4 Å². The number of hydrogen-bond donors (Lipinski definition) is 2. The van der Waals surface area contributed by atoms with Crippen LogP contribution in [0, 0.1) is 0 Å². The molecule has 2 N–H and O–H groups in total. The van der Waals surface area contributed by atoms with E-state index in [0.717, 1.165) is 50.5 Å². The molecule has 2 aliphatic rings. The van der Waals surface area contributed by atoms with E-state index in [2.05, 4.69) is 20.6 Å². The standard InChI is InChI=1S/C13H20N4O/c1-2-11(15-5-1)12-8-14-9-13(17-12)16-10-3-6-18-7-4-10/h8-11,15H,1-7H2,(H,16,17)/t11-/m1/s1. The number of hydrogen-bond acceptors (Lipinski definition) is 5. The van der Waals surface area contributed by atoms with E-state index in [1.54, 1.807) is 0 Å². The second-order valence-corrected chi connectivity index (χ2v) is 5.01. The maximum atomic E-state index is 5.36. The molecule has 3 heterocycles. The highest BCUT2D eigenvalue weighted by Gasteiger charge is 2.19. The second-order valence-electron chi connectivity index (χ2n) is 5.01. The van der Waals surface area contributed by atoms with Gasteiger partial charge >= 0.3 is 0 Å². The molecule has 3 rings (SSSR count). The molecule has 1 aromatic heterocycles. The number of rotatable bonds is 3. The summed E-state index contributed by atoms with van der Waals surface area (Å²) in [5.74, 6) is 0.896. The first kappa shape index (κ1) is 11.9. The van der Waals surface area contributed by atoms with Crippen LogP contribution in [0.4, 0.5) is 5.82 Å². The highest BCUT2D eigenvalue weighted by molar-refractivity contribution is 5.34. The Balaban J connectivity index is 1.66. The van der Waals surface area contributed by atoms with Gasteiger partial charge in [-0.25, -0.2) is 4.98 Å². The monoisotopic (exact) mass is 248 g/mol. The van der Waals surface area contributed by atoms with E-state index in [1.165, 1.54) is 6.42 Å². The van der Waals surface area contributed by atoms with Gasteiger partial charge in [-0.05, 0) is 32.2 Å². The van der Waals surface area contributed by atoms with Gasteiger partial charge in [0, 0.05) is 19.3 Å². The SMILES string of the molecule is c1ncc([C@H]2CCCN2)nc1NC1CCOCC1. The van der Waals surface area contributed by atoms with Crippen LogP contribution in [0.5, 0.6) is 0 Å². The first-order chi connectivity index (χ1) is 8.92. The van der Waals surface area contributed by atoms with Gasteiger partial charge in [-0.3, -0.25) is 4.98 Å². The first-order valence-electron chi connectivity index (χ1n) is 6.81. The van der Waals surface area contributed by atoms with Crippen LogP contribution in [0.3, 0.4) is 0 Å². The van der Waals surface area contributed by atoms with Gasteiger partial charge in [0.15, 0.2) is 0 Å². The van der Waals surface area contributed by atoms with Gasteiger partial charge < -0.3 is 15.4 Å². The minimum Gasteiger partial charge on any atom is -0.381 e. The van der Waals surface area contributed by atoms with Gasteiger partial charge in [-0.2, -0.15) is 0 Å². The molecule has 1 aromatic rings. The quantitative estimate of drug-likeness (QED) is 0.848. The molecule has 0 unspecified atom stereocenters. The zero-order valence-electron chi connectivity index (χ0n) is 10.6. The van der Waals surface area contributed by atoms with Crippen molar-refractivity contribution in [2.24, 2.45) is 0 Å². The number of aromatic nitrogens is 2. The second kappa shape index (κ2) is 5.63. The topological polar surface area (TPSA) is 59.1 Å². The predicted octanol–water partition coefficient (Wildman–Crippen LogP) is 1.49. The van der Waals surface area contributed by atoms with Gasteiger partial charge in [0.25, 0.3) is 0 Å². The molecule has 0 aromatic carbocycles. The van der Waals surface area contributed by atoms with Gasteiger partial charge in [0.2, 0.25) is 0 Å². The lowest BCUT2D eigenvalue weighted by Crippen LogP contribution is -2.28. The van der Waals surface area contributed by atoms with Gasteiger partial charge in [0.1, 0.15) is 5.82 Å². The summed E-state index contributed by atoms with van der Waals surface area (Å²) < 4.78 is 5.36. The Morgan fingerprint density at radius 3 is 2.89 bits per heavy atom. The first-order valence-corrected chi connectivity index (χ1v) is 6.81. The van der Waals surface area contributed by atoms with Crippen molar-refractivity contribution in [3.8, 4) is 0 Å². The lowest BCUT2D eigenvalue weighted by atomic mass is 10.1. The molecule has 5 heteroatoms. The van der Waals surface area contributed by atoms with Gasteiger partial charge in [-0.15, -0.1) is 0 Å². The summed E-state index contributed by atoms with van der Waals surface area (Å²) in [5, 5.41) is 6.92. The third-order valence-corrected chi connectivity index (χ3v) is 3.64. The number of ether oxygens (including phenoxy) is 1. The molecule has 2 fully saturated rings. The third-order valence-electron chi connectivity index (χ3n) is 3.64. The van der Waals surface area contributed by atoms with Crippen molar-refractivity contribution in [1.82, 2.24) is 15.3 Å². The van der Waals surface area contributed by atoms with E-state index in [0.29, 0.717) is 12.1 Å². The van der Waals surface area contributed by atoms with Crippen LogP contribution in [0.2, 0.25) is 0 Å². The molecule has 0 radical (unpaired) electrons. The Bertz CT molecular complexity index is 386. The van der Waals surface area contributed by atoms with Crippen molar-refractivity contribution in [3.05, 3.63) is 18.1 Å². The van der Waals surface area contributed by atoms with Crippen LogP contribution in [-0.4, -0.2) is 35.8 Å². The smallest absolute Gasteiger partial charge is 0.145 e. The average molecular weight is 248 g/mol. The van der Waals surface area contributed by atoms with E-state index in [4.69, 9.17) is 4.74 Å². The summed E-state index contributed by atoms with van der Waals surface area (Å²) in [7, 11) is 0. The molecule has 18 heavy (non-hydrogen) atoms. The lowest BCUT2D eigenvalue weighted by molar-refractivity contribution is 0.0904. The molecule has 0 saturated carbocycles. The van der Waals surface area contributed by atoms with Crippen LogP contribution in [-0.2, 0) is 4.74 Å². The fraction of sp³-hybridized carbons (Fsp3) is 0.692. The van der Waals surface area contributed by atoms with Crippen LogP contribution < -0.4 is 10.6 Å². The fourth-order valence-electron chi connectivity index (χ4n) is 2.61. The highest BCUT2D eigenvalue weighted by atomic mass is 16.5. The van der Waals surface area contributed by atoms with E-state index in [9.17, 15) is 0 Å². The molecular formula is C13H20N4O. The molecule has 98 valence electrons. The van der Waals surface area contributed by atoms with Crippen LogP contribution in [0.25, 0.3) is 0 Å². The summed E-state index contributed by atoms with van der Waals surface area (Å²) in [6, 6.07) is 0.855. The van der Waals surface area contributed by atoms with Crippen molar-refractivity contribution in [2.75, 3.05) is 25.1 Å². The zero-order valence-corrected chi connectivity index (χ0v) is 10.6. The van der Waals surface area contributed by atoms with Crippen molar-refractivity contribution >= 4 is 5.82 Å².